The van der Waals surface area contributed by atoms with Crippen LogP contribution in [0.1, 0.15) is 26.3 Å². The number of hydrogen-bond donors (Lipinski definition) is 2. The lowest BCUT2D eigenvalue weighted by molar-refractivity contribution is -0.141. The summed E-state index contributed by atoms with van der Waals surface area (Å²) >= 11 is 0. The smallest absolute Gasteiger partial charge is 0.326 e. The summed E-state index contributed by atoms with van der Waals surface area (Å²) in [4.78, 5) is 24.7. The molecule has 112 valence electrons. The van der Waals surface area contributed by atoms with Gasteiger partial charge in [0.2, 0.25) is 0 Å². The third kappa shape index (κ3) is 3.96. The maximum absolute atomic E-state index is 12.2. The standard InChI is InChI=1S/C15H19N3O3/c1-15(2,3)12(13(19)20)17-14(21)18(4)11-8-6-5-7-10(11)9-16/h5-8,12H,1-4H3,(H,17,21)(H,19,20)/t12-/m1/s1. The van der Waals surface area contributed by atoms with Crippen LogP contribution in [0.2, 0.25) is 0 Å². The Morgan fingerprint density at radius 2 is 1.90 bits per heavy atom. The average molecular weight is 289 g/mol. The zero-order chi connectivity index (χ0) is 16.2. The Morgan fingerprint density at radius 1 is 1.33 bits per heavy atom. The predicted molar refractivity (Wildman–Crippen MR) is 79.0 cm³/mol. The van der Waals surface area contributed by atoms with Gasteiger partial charge in [0.05, 0.1) is 11.3 Å². The lowest BCUT2D eigenvalue weighted by atomic mass is 9.87. The molecule has 0 saturated carbocycles. The molecular formula is C15H19N3O3. The number of carboxylic acid groups (broad SMARTS) is 1. The van der Waals surface area contributed by atoms with E-state index in [1.807, 2.05) is 6.07 Å². The van der Waals surface area contributed by atoms with Gasteiger partial charge in [0.25, 0.3) is 0 Å². The monoisotopic (exact) mass is 289 g/mol. The van der Waals surface area contributed by atoms with Gasteiger partial charge in [-0.05, 0) is 17.5 Å². The minimum absolute atomic E-state index is 0.345. The van der Waals surface area contributed by atoms with Crippen molar-refractivity contribution < 1.29 is 14.7 Å². The van der Waals surface area contributed by atoms with Crippen molar-refractivity contribution in [3.63, 3.8) is 0 Å². The molecule has 0 radical (unpaired) electrons. The second kappa shape index (κ2) is 6.27. The first kappa shape index (κ1) is 16.5. The van der Waals surface area contributed by atoms with Crippen LogP contribution in [0.25, 0.3) is 0 Å². The number of carboxylic acids is 1. The Kier molecular flexibility index (Phi) is 4.93. The first-order chi connectivity index (χ1) is 9.68. The van der Waals surface area contributed by atoms with E-state index in [0.29, 0.717) is 11.3 Å². The highest BCUT2D eigenvalue weighted by atomic mass is 16.4. The Labute approximate surface area is 124 Å². The fraction of sp³-hybridized carbons (Fsp3) is 0.400. The number of rotatable bonds is 3. The normalized spacial score (nSPS) is 12.1. The van der Waals surface area contributed by atoms with Crippen molar-refractivity contribution in [1.29, 1.82) is 5.26 Å². The van der Waals surface area contributed by atoms with Crippen LogP contribution in [0.3, 0.4) is 0 Å². The number of nitriles is 1. The van der Waals surface area contributed by atoms with Crippen LogP contribution >= 0.6 is 0 Å². The molecule has 1 aromatic rings. The van der Waals surface area contributed by atoms with Gasteiger partial charge in [-0.3, -0.25) is 4.90 Å². The summed E-state index contributed by atoms with van der Waals surface area (Å²) in [5.74, 6) is -1.10. The molecule has 0 aliphatic rings. The van der Waals surface area contributed by atoms with Gasteiger partial charge in [0, 0.05) is 7.05 Å². The number of urea groups is 1. The molecule has 1 atom stereocenters. The fourth-order valence-electron chi connectivity index (χ4n) is 1.84. The zero-order valence-electron chi connectivity index (χ0n) is 12.5. The fourth-order valence-corrected chi connectivity index (χ4v) is 1.84. The third-order valence-electron chi connectivity index (χ3n) is 3.07. The maximum atomic E-state index is 12.2. The summed E-state index contributed by atoms with van der Waals surface area (Å²) in [5.41, 5.74) is 0.144. The predicted octanol–water partition coefficient (Wildman–Crippen LogP) is 2.20. The van der Waals surface area contributed by atoms with E-state index in [2.05, 4.69) is 5.32 Å². The second-order valence-electron chi connectivity index (χ2n) is 5.77. The van der Waals surface area contributed by atoms with E-state index in [-0.39, 0.29) is 0 Å². The highest BCUT2D eigenvalue weighted by Crippen LogP contribution is 2.21. The van der Waals surface area contributed by atoms with Crippen LogP contribution in [0, 0.1) is 16.7 Å². The number of hydrogen-bond acceptors (Lipinski definition) is 3. The van der Waals surface area contributed by atoms with Crippen LogP contribution in [0.15, 0.2) is 24.3 Å². The molecule has 0 aromatic heterocycles. The number of para-hydroxylation sites is 1. The third-order valence-corrected chi connectivity index (χ3v) is 3.07. The van der Waals surface area contributed by atoms with Gasteiger partial charge in [0.1, 0.15) is 12.1 Å². The molecular weight excluding hydrogens is 270 g/mol. The molecule has 21 heavy (non-hydrogen) atoms. The summed E-state index contributed by atoms with van der Waals surface area (Å²) in [6, 6.07) is 7.03. The summed E-state index contributed by atoms with van der Waals surface area (Å²) in [7, 11) is 1.49. The minimum atomic E-state index is -1.10. The lowest BCUT2D eigenvalue weighted by Crippen LogP contribution is -2.52. The molecule has 6 nitrogen and oxygen atoms in total. The van der Waals surface area contributed by atoms with Crippen molar-refractivity contribution in [2.24, 2.45) is 5.41 Å². The first-order valence-corrected chi connectivity index (χ1v) is 6.44. The van der Waals surface area contributed by atoms with Crippen LogP contribution in [-0.2, 0) is 4.79 Å². The Morgan fingerprint density at radius 3 is 2.38 bits per heavy atom. The Hall–Kier alpha value is -2.55. The first-order valence-electron chi connectivity index (χ1n) is 6.44. The molecule has 0 unspecified atom stereocenters. The van der Waals surface area contributed by atoms with Gasteiger partial charge in [-0.1, -0.05) is 32.9 Å². The van der Waals surface area contributed by atoms with Crippen LogP contribution in [0.5, 0.6) is 0 Å². The van der Waals surface area contributed by atoms with Crippen molar-refractivity contribution in [2.45, 2.75) is 26.8 Å². The van der Waals surface area contributed by atoms with Crippen LogP contribution in [-0.4, -0.2) is 30.2 Å². The molecule has 6 heteroatoms. The molecule has 0 aliphatic heterocycles. The number of benzene rings is 1. The molecule has 0 heterocycles. The topological polar surface area (TPSA) is 93.4 Å². The molecule has 1 aromatic carbocycles. The van der Waals surface area contributed by atoms with Crippen molar-refractivity contribution in [1.82, 2.24) is 5.32 Å². The van der Waals surface area contributed by atoms with E-state index in [0.717, 1.165) is 0 Å². The largest absolute Gasteiger partial charge is 0.480 e. The van der Waals surface area contributed by atoms with Crippen LogP contribution < -0.4 is 10.2 Å². The molecule has 0 aliphatic carbocycles. The van der Waals surface area contributed by atoms with Gasteiger partial charge in [-0.2, -0.15) is 5.26 Å². The Bertz CT molecular complexity index is 585. The minimum Gasteiger partial charge on any atom is -0.480 e. The summed E-state index contributed by atoms with van der Waals surface area (Å²) in [6.07, 6.45) is 0. The highest BCUT2D eigenvalue weighted by molar-refractivity contribution is 5.95. The number of nitrogens with zero attached hydrogens (tertiary/aromatic N) is 2. The van der Waals surface area contributed by atoms with Gasteiger partial charge >= 0.3 is 12.0 Å². The number of nitrogens with one attached hydrogen (secondary N) is 1. The van der Waals surface area contributed by atoms with Crippen LogP contribution in [0.4, 0.5) is 10.5 Å². The average Bonchev–Trinajstić information content (AvgIpc) is 2.41. The number of amides is 2. The molecule has 0 saturated heterocycles. The van der Waals surface area contributed by atoms with Crippen molar-refractivity contribution in [3.05, 3.63) is 29.8 Å². The Balaban J connectivity index is 2.98. The van der Waals surface area contributed by atoms with Gasteiger partial charge in [0.15, 0.2) is 0 Å². The number of anilines is 1. The van der Waals surface area contributed by atoms with E-state index >= 15 is 0 Å². The second-order valence-corrected chi connectivity index (χ2v) is 5.77. The quantitative estimate of drug-likeness (QED) is 0.892. The van der Waals surface area contributed by atoms with Crippen molar-refractivity contribution >= 4 is 17.7 Å². The summed E-state index contributed by atoms with van der Waals surface area (Å²) < 4.78 is 0. The van der Waals surface area contributed by atoms with Crippen molar-refractivity contribution in [3.8, 4) is 6.07 Å². The highest BCUT2D eigenvalue weighted by Gasteiger charge is 2.33. The molecule has 0 bridgehead atoms. The molecule has 1 rings (SSSR count). The van der Waals surface area contributed by atoms with E-state index in [1.165, 1.54) is 11.9 Å². The lowest BCUT2D eigenvalue weighted by Gasteiger charge is -2.30. The number of carbonyl (C=O) groups excluding carboxylic acids is 1. The van der Waals surface area contributed by atoms with E-state index in [1.54, 1.807) is 45.0 Å². The molecule has 0 spiro atoms. The summed E-state index contributed by atoms with van der Waals surface area (Å²) in [6.45, 7) is 5.19. The van der Waals surface area contributed by atoms with Gasteiger partial charge in [-0.15, -0.1) is 0 Å². The SMILES string of the molecule is CN(C(=O)N[C@H](C(=O)O)C(C)(C)C)c1ccccc1C#N. The van der Waals surface area contributed by atoms with E-state index in [9.17, 15) is 14.7 Å². The van der Waals surface area contributed by atoms with E-state index in [4.69, 9.17) is 5.26 Å². The molecule has 2 N–H and O–H groups in total. The maximum Gasteiger partial charge on any atom is 0.326 e. The summed E-state index contributed by atoms with van der Waals surface area (Å²) in [5, 5.41) is 20.8. The molecule has 0 fully saturated rings. The number of carbonyl (C=O) groups is 2. The molecule has 2 amide bonds. The van der Waals surface area contributed by atoms with Gasteiger partial charge in [-0.25, -0.2) is 9.59 Å². The number of aliphatic carboxylic acids is 1. The van der Waals surface area contributed by atoms with Gasteiger partial charge < -0.3 is 10.4 Å². The van der Waals surface area contributed by atoms with E-state index < -0.39 is 23.5 Å². The van der Waals surface area contributed by atoms with Crippen molar-refractivity contribution in [2.75, 3.05) is 11.9 Å². The zero-order valence-corrected chi connectivity index (χ0v) is 12.5.